The number of unbranched alkanes of at least 4 members (excludes halogenated alkanes) is 2. The molecule has 0 radical (unpaired) electrons. The zero-order valence-electron chi connectivity index (χ0n) is 12.3. The lowest BCUT2D eigenvalue weighted by molar-refractivity contribution is -0.341. The molecule has 1 heterocycles. The maximum Gasteiger partial charge on any atom is 0.303 e. The van der Waals surface area contributed by atoms with Gasteiger partial charge in [-0.1, -0.05) is 31.9 Å². The van der Waals surface area contributed by atoms with Gasteiger partial charge in [-0.25, -0.2) is 9.78 Å². The molecule has 4 nitrogen and oxygen atoms in total. The van der Waals surface area contributed by atoms with Gasteiger partial charge in [0, 0.05) is 12.8 Å². The van der Waals surface area contributed by atoms with Crippen LogP contribution in [-0.4, -0.2) is 23.3 Å². The van der Waals surface area contributed by atoms with E-state index in [1.807, 2.05) is 0 Å². The fourth-order valence-electron chi connectivity index (χ4n) is 3.47. The van der Waals surface area contributed by atoms with Crippen molar-refractivity contribution in [1.29, 1.82) is 0 Å². The molecule has 4 heteroatoms. The van der Waals surface area contributed by atoms with Crippen molar-refractivity contribution in [2.24, 2.45) is 11.8 Å². The summed E-state index contributed by atoms with van der Waals surface area (Å²) in [5.74, 6) is 0.473. The second-order valence-corrected chi connectivity index (χ2v) is 5.94. The summed E-state index contributed by atoms with van der Waals surface area (Å²) in [5.41, 5.74) is 0. The lowest BCUT2D eigenvalue weighted by Crippen LogP contribution is -2.29. The molecule has 114 valence electrons. The van der Waals surface area contributed by atoms with Gasteiger partial charge in [0.1, 0.15) is 0 Å². The van der Waals surface area contributed by atoms with Crippen LogP contribution in [0.4, 0.5) is 0 Å². The zero-order valence-corrected chi connectivity index (χ0v) is 12.3. The summed E-state index contributed by atoms with van der Waals surface area (Å²) in [4.78, 5) is 21.2. The van der Waals surface area contributed by atoms with E-state index in [0.717, 1.165) is 44.9 Å². The molecular weight excluding hydrogens is 256 g/mol. The van der Waals surface area contributed by atoms with Crippen LogP contribution >= 0.6 is 0 Å². The number of carboxylic acids is 1. The molecule has 1 aliphatic heterocycles. The zero-order chi connectivity index (χ0) is 14.4. The highest BCUT2D eigenvalue weighted by atomic mass is 17.2. The lowest BCUT2D eigenvalue weighted by Gasteiger charge is -2.29. The average molecular weight is 282 g/mol. The predicted octanol–water partition coefficient (Wildman–Crippen LogP) is 3.71. The van der Waals surface area contributed by atoms with E-state index in [1.165, 1.54) is 0 Å². The summed E-state index contributed by atoms with van der Waals surface area (Å²) >= 11 is 0. The van der Waals surface area contributed by atoms with Crippen LogP contribution in [0.15, 0.2) is 12.2 Å². The maximum absolute atomic E-state index is 10.5. The number of carbonyl (C=O) groups is 1. The average Bonchev–Trinajstić information content (AvgIpc) is 3.00. The normalized spacial score (nSPS) is 32.2. The summed E-state index contributed by atoms with van der Waals surface area (Å²) in [6.45, 7) is 2.15. The second kappa shape index (κ2) is 7.79. The highest BCUT2D eigenvalue weighted by Gasteiger charge is 2.49. The molecule has 0 aromatic rings. The van der Waals surface area contributed by atoms with Crippen LogP contribution < -0.4 is 0 Å². The smallest absolute Gasteiger partial charge is 0.303 e. The first-order chi connectivity index (χ1) is 9.72. The van der Waals surface area contributed by atoms with Gasteiger partial charge in [0.15, 0.2) is 0 Å². The first-order valence-corrected chi connectivity index (χ1v) is 7.91. The molecule has 2 bridgehead atoms. The number of rotatable bonds is 9. The number of hydrogen-bond donors (Lipinski definition) is 1. The minimum atomic E-state index is -0.691. The van der Waals surface area contributed by atoms with Crippen LogP contribution in [0.2, 0.25) is 0 Å². The van der Waals surface area contributed by atoms with Gasteiger partial charge in [-0.2, -0.15) is 0 Å². The SMILES string of the molecule is CCC=CC[C@H]1[C@H](CCCCCC(=O)O)[C@H]2C[C@H]1OO2. The third-order valence-corrected chi connectivity index (χ3v) is 4.51. The third-order valence-electron chi connectivity index (χ3n) is 4.51. The van der Waals surface area contributed by atoms with Gasteiger partial charge in [0.2, 0.25) is 0 Å². The summed E-state index contributed by atoms with van der Waals surface area (Å²) in [6.07, 6.45) is 12.5. The molecule has 0 spiro atoms. The van der Waals surface area contributed by atoms with Gasteiger partial charge in [-0.3, -0.25) is 4.79 Å². The Morgan fingerprint density at radius 3 is 2.60 bits per heavy atom. The number of aliphatic carboxylic acids is 1. The van der Waals surface area contributed by atoms with Gasteiger partial charge in [0.05, 0.1) is 12.2 Å². The summed E-state index contributed by atoms with van der Waals surface area (Å²) in [7, 11) is 0. The van der Waals surface area contributed by atoms with Crippen molar-refractivity contribution in [2.75, 3.05) is 0 Å². The van der Waals surface area contributed by atoms with Crippen LogP contribution in [0.3, 0.4) is 0 Å². The van der Waals surface area contributed by atoms with Crippen molar-refractivity contribution in [3.8, 4) is 0 Å². The molecule has 0 aromatic carbocycles. The fraction of sp³-hybridized carbons (Fsp3) is 0.812. The highest BCUT2D eigenvalue weighted by Crippen LogP contribution is 2.46. The van der Waals surface area contributed by atoms with E-state index in [9.17, 15) is 4.79 Å². The van der Waals surface area contributed by atoms with Gasteiger partial charge < -0.3 is 5.11 Å². The topological polar surface area (TPSA) is 55.8 Å². The Bertz CT molecular complexity index is 339. The molecule has 0 unspecified atom stereocenters. The Kier molecular flexibility index (Phi) is 6.05. The number of fused-ring (bicyclic) bond motifs is 2. The van der Waals surface area contributed by atoms with E-state index in [1.54, 1.807) is 0 Å². The number of allylic oxidation sites excluding steroid dienone is 2. The molecule has 1 saturated carbocycles. The molecule has 20 heavy (non-hydrogen) atoms. The van der Waals surface area contributed by atoms with Gasteiger partial charge >= 0.3 is 5.97 Å². The standard InChI is InChI=1S/C16H26O4/c1-2-3-5-8-12-13(15-11-14(12)19-20-15)9-6-4-7-10-16(17)18/h3,5,12-15H,2,4,6-11H2,1H3,(H,17,18)/t12-,13-,14+,15+/m0/s1. The van der Waals surface area contributed by atoms with Crippen LogP contribution in [0.5, 0.6) is 0 Å². The van der Waals surface area contributed by atoms with Gasteiger partial charge in [0.25, 0.3) is 0 Å². The highest BCUT2D eigenvalue weighted by molar-refractivity contribution is 5.66. The van der Waals surface area contributed by atoms with Crippen LogP contribution in [0.1, 0.15) is 58.3 Å². The molecule has 1 N–H and O–H groups in total. The van der Waals surface area contributed by atoms with Gasteiger partial charge in [-0.15, -0.1) is 0 Å². The number of hydrogen-bond acceptors (Lipinski definition) is 3. The van der Waals surface area contributed by atoms with E-state index in [4.69, 9.17) is 14.9 Å². The monoisotopic (exact) mass is 282 g/mol. The quantitative estimate of drug-likeness (QED) is 0.398. The van der Waals surface area contributed by atoms with E-state index >= 15 is 0 Å². The molecule has 0 amide bonds. The van der Waals surface area contributed by atoms with Crippen molar-refractivity contribution in [1.82, 2.24) is 0 Å². The minimum absolute atomic E-state index is 0.263. The lowest BCUT2D eigenvalue weighted by atomic mass is 9.86. The van der Waals surface area contributed by atoms with E-state index in [0.29, 0.717) is 18.3 Å². The fourth-order valence-corrected chi connectivity index (χ4v) is 3.47. The Balaban J connectivity index is 1.73. The van der Waals surface area contributed by atoms with E-state index in [-0.39, 0.29) is 12.2 Å². The molecule has 2 rings (SSSR count). The second-order valence-electron chi connectivity index (χ2n) is 5.94. The van der Waals surface area contributed by atoms with E-state index < -0.39 is 5.97 Å². The molecule has 0 aromatic heterocycles. The molecular formula is C16H26O4. The summed E-state index contributed by atoms with van der Waals surface area (Å²) in [5, 5.41) is 8.63. The molecule has 1 aliphatic carbocycles. The summed E-state index contributed by atoms with van der Waals surface area (Å²) in [6, 6.07) is 0. The molecule has 1 saturated heterocycles. The van der Waals surface area contributed by atoms with Crippen molar-refractivity contribution < 1.29 is 19.7 Å². The first kappa shape index (κ1) is 15.5. The van der Waals surface area contributed by atoms with Gasteiger partial charge in [-0.05, 0) is 37.5 Å². The Labute approximate surface area is 121 Å². The Morgan fingerprint density at radius 1 is 1.15 bits per heavy atom. The van der Waals surface area contributed by atoms with Crippen molar-refractivity contribution >= 4 is 5.97 Å². The summed E-state index contributed by atoms with van der Waals surface area (Å²) < 4.78 is 0. The maximum atomic E-state index is 10.5. The Hall–Kier alpha value is -0.870. The van der Waals surface area contributed by atoms with Crippen LogP contribution in [0.25, 0.3) is 0 Å². The van der Waals surface area contributed by atoms with E-state index in [2.05, 4.69) is 19.1 Å². The first-order valence-electron chi connectivity index (χ1n) is 7.91. The third kappa shape index (κ3) is 4.06. The molecule has 2 aliphatic rings. The van der Waals surface area contributed by atoms with Crippen LogP contribution in [-0.2, 0) is 14.6 Å². The van der Waals surface area contributed by atoms with Crippen molar-refractivity contribution in [3.63, 3.8) is 0 Å². The number of carboxylic acid groups (broad SMARTS) is 1. The van der Waals surface area contributed by atoms with Crippen LogP contribution in [0, 0.1) is 11.8 Å². The van der Waals surface area contributed by atoms with Crippen molar-refractivity contribution in [2.45, 2.75) is 70.5 Å². The largest absolute Gasteiger partial charge is 0.481 e. The predicted molar refractivity (Wildman–Crippen MR) is 76.1 cm³/mol. The Morgan fingerprint density at radius 2 is 1.90 bits per heavy atom. The molecule has 2 fully saturated rings. The molecule has 4 atom stereocenters. The van der Waals surface area contributed by atoms with Crippen molar-refractivity contribution in [3.05, 3.63) is 12.2 Å². The minimum Gasteiger partial charge on any atom is -0.481 e.